The normalized spacial score (nSPS) is 12.2. The fraction of sp³-hybridized carbons (Fsp3) is 0.0690. The molecular weight excluding hydrogens is 771 g/mol. The molecule has 0 unspecified atom stereocenters. The van der Waals surface area contributed by atoms with Crippen LogP contribution in [0, 0.1) is 13.8 Å². The molecule has 0 amide bonds. The van der Waals surface area contributed by atoms with Gasteiger partial charge in [0.25, 0.3) is 0 Å². The molecule has 11 aromatic rings. The number of aromatic nitrogens is 3. The van der Waals surface area contributed by atoms with Crippen LogP contribution in [0.4, 0.5) is 0 Å². The van der Waals surface area contributed by atoms with Gasteiger partial charge in [0.15, 0.2) is 5.82 Å². The van der Waals surface area contributed by atoms with Crippen molar-refractivity contribution in [1.82, 2.24) is 14.5 Å². The topological polar surface area (TPSA) is 64.1 Å². The Morgan fingerprint density at radius 1 is 0.508 bits per heavy atom. The minimum Gasteiger partial charge on any atom is -0.507 e. The second-order valence-corrected chi connectivity index (χ2v) is 16.7. The van der Waals surface area contributed by atoms with Crippen molar-refractivity contribution < 1.29 is 9.52 Å². The fourth-order valence-electron chi connectivity index (χ4n) is 10.0. The lowest BCUT2D eigenvalue weighted by Crippen LogP contribution is -2.08. The summed E-state index contributed by atoms with van der Waals surface area (Å²) in [4.78, 5) is 11.0. The summed E-state index contributed by atoms with van der Waals surface area (Å²) in [6.45, 7) is 4.32. The van der Waals surface area contributed by atoms with Crippen LogP contribution < -0.4 is 0 Å². The molecule has 8 aromatic carbocycles. The Kier molecular flexibility index (Phi) is 8.51. The number of imidazole rings is 1. The Morgan fingerprint density at radius 3 is 1.92 bits per heavy atom. The monoisotopic (exact) mass is 811 g/mol. The number of hydrogen-bond donors (Lipinski definition) is 1. The number of rotatable bonds is 6. The third kappa shape index (κ3) is 5.92. The van der Waals surface area contributed by atoms with Crippen molar-refractivity contribution in [3.8, 4) is 78.7 Å². The van der Waals surface area contributed by atoms with E-state index in [1.807, 2.05) is 12.1 Å². The molecule has 63 heavy (non-hydrogen) atoms. The number of aryl methyl sites for hydroxylation is 4. The summed E-state index contributed by atoms with van der Waals surface area (Å²) < 4.78 is 9.10. The molecule has 5 nitrogen and oxygen atoms in total. The predicted octanol–water partition coefficient (Wildman–Crippen LogP) is 14.7. The molecule has 3 aromatic heterocycles. The van der Waals surface area contributed by atoms with Gasteiger partial charge in [0.2, 0.25) is 0 Å². The molecular formula is C58H41N3O2. The van der Waals surface area contributed by atoms with Gasteiger partial charge >= 0.3 is 0 Å². The van der Waals surface area contributed by atoms with Crippen LogP contribution in [0.5, 0.6) is 5.75 Å². The van der Waals surface area contributed by atoms with Crippen molar-refractivity contribution in [1.29, 1.82) is 0 Å². The quantitative estimate of drug-likeness (QED) is 0.182. The average Bonchev–Trinajstić information content (AvgIpc) is 3.90. The largest absolute Gasteiger partial charge is 0.507 e. The number of aromatic hydroxyl groups is 1. The molecule has 1 aliphatic carbocycles. The van der Waals surface area contributed by atoms with Gasteiger partial charge in [0.05, 0.1) is 22.4 Å². The number of furan rings is 1. The maximum atomic E-state index is 11.2. The zero-order chi connectivity index (χ0) is 42.2. The standard InChI is InChI=1S/C58H41N3O2/c1-35-15-11-16-36(2)57(35)61-48-26-14-25-44(56(48)60-58(61)47-32-31-40-30-29-39-21-12-27-49(62)52(39)55(40)59-47)41-33-46(54-45-22-9-10-28-50(45)63-51(54)34-41)53-42(37-17-5-3-6-18-37)23-13-24-43(53)38-19-7-4-8-20-38/h3-28,31-34,62H,29-30H2,1-2H3. The zero-order valence-corrected chi connectivity index (χ0v) is 34.9. The van der Waals surface area contributed by atoms with Crippen molar-refractivity contribution in [3.05, 3.63) is 204 Å². The smallest absolute Gasteiger partial charge is 0.164 e. The molecule has 1 N–H and O–H groups in total. The van der Waals surface area contributed by atoms with Gasteiger partial charge in [-0.3, -0.25) is 4.57 Å². The third-order valence-corrected chi connectivity index (χ3v) is 12.9. The Balaban J connectivity index is 1.16. The van der Waals surface area contributed by atoms with Crippen LogP contribution in [0.2, 0.25) is 0 Å². The highest BCUT2D eigenvalue weighted by Gasteiger charge is 2.27. The van der Waals surface area contributed by atoms with Crippen molar-refractivity contribution >= 4 is 33.0 Å². The average molecular weight is 812 g/mol. The zero-order valence-electron chi connectivity index (χ0n) is 34.9. The number of pyridine rings is 1. The van der Waals surface area contributed by atoms with E-state index in [2.05, 4.69) is 182 Å². The lowest BCUT2D eigenvalue weighted by molar-refractivity contribution is 0.476. The molecule has 0 saturated carbocycles. The summed E-state index contributed by atoms with van der Waals surface area (Å²) in [5.74, 6) is 0.996. The Labute approximate surface area is 365 Å². The first-order valence-corrected chi connectivity index (χ1v) is 21.6. The lowest BCUT2D eigenvalue weighted by atomic mass is 9.84. The van der Waals surface area contributed by atoms with E-state index in [1.165, 1.54) is 0 Å². The first-order chi connectivity index (χ1) is 31.0. The van der Waals surface area contributed by atoms with Gasteiger partial charge in [-0.25, -0.2) is 9.97 Å². The second kappa shape index (κ2) is 14.6. The molecule has 0 fully saturated rings. The Morgan fingerprint density at radius 2 is 1.16 bits per heavy atom. The van der Waals surface area contributed by atoms with Gasteiger partial charge < -0.3 is 9.52 Å². The molecule has 1 aliphatic rings. The number of para-hydroxylation sites is 3. The maximum Gasteiger partial charge on any atom is 0.164 e. The van der Waals surface area contributed by atoms with Gasteiger partial charge in [0.1, 0.15) is 22.6 Å². The van der Waals surface area contributed by atoms with Gasteiger partial charge in [0, 0.05) is 21.9 Å². The van der Waals surface area contributed by atoms with Gasteiger partial charge in [-0.2, -0.15) is 0 Å². The highest BCUT2D eigenvalue weighted by atomic mass is 16.3. The number of benzene rings is 8. The molecule has 12 rings (SSSR count). The van der Waals surface area contributed by atoms with Gasteiger partial charge in [-0.05, 0) is 124 Å². The van der Waals surface area contributed by atoms with Crippen molar-refractivity contribution in [2.75, 3.05) is 0 Å². The van der Waals surface area contributed by atoms with E-state index in [1.54, 1.807) is 6.07 Å². The molecule has 5 heteroatoms. The number of hydrogen-bond acceptors (Lipinski definition) is 4. The molecule has 0 saturated heterocycles. The summed E-state index contributed by atoms with van der Waals surface area (Å²) in [6, 6.07) is 63.8. The van der Waals surface area contributed by atoms with Gasteiger partial charge in [-0.1, -0.05) is 146 Å². The van der Waals surface area contributed by atoms with Crippen LogP contribution in [0.15, 0.2) is 186 Å². The van der Waals surface area contributed by atoms with E-state index in [0.29, 0.717) is 0 Å². The summed E-state index contributed by atoms with van der Waals surface area (Å²) >= 11 is 0. The minimum atomic E-state index is 0.254. The van der Waals surface area contributed by atoms with Crippen molar-refractivity contribution in [3.63, 3.8) is 0 Å². The number of fused-ring (bicyclic) bond motifs is 7. The molecule has 0 radical (unpaired) electrons. The van der Waals surface area contributed by atoms with Crippen LogP contribution in [-0.4, -0.2) is 19.6 Å². The van der Waals surface area contributed by atoms with Crippen LogP contribution >= 0.6 is 0 Å². The molecule has 0 spiro atoms. The van der Waals surface area contributed by atoms with Crippen LogP contribution in [-0.2, 0) is 12.8 Å². The van der Waals surface area contributed by atoms with Crippen molar-refractivity contribution in [2.45, 2.75) is 26.7 Å². The van der Waals surface area contributed by atoms with E-state index in [0.717, 1.165) is 141 Å². The fourth-order valence-corrected chi connectivity index (χ4v) is 10.0. The predicted molar refractivity (Wildman–Crippen MR) is 257 cm³/mol. The second-order valence-electron chi connectivity index (χ2n) is 16.7. The minimum absolute atomic E-state index is 0.254. The highest BCUT2D eigenvalue weighted by Crippen LogP contribution is 2.48. The lowest BCUT2D eigenvalue weighted by Gasteiger charge is -2.21. The first kappa shape index (κ1) is 36.8. The molecule has 0 aliphatic heterocycles. The maximum absolute atomic E-state index is 11.2. The number of nitrogens with zero attached hydrogens (tertiary/aromatic N) is 3. The first-order valence-electron chi connectivity index (χ1n) is 21.6. The van der Waals surface area contributed by atoms with E-state index >= 15 is 0 Å². The van der Waals surface area contributed by atoms with Crippen LogP contribution in [0.25, 0.3) is 106 Å². The molecule has 0 atom stereocenters. The Bertz CT molecular complexity index is 3520. The van der Waals surface area contributed by atoms with E-state index < -0.39 is 0 Å². The Hall–Kier alpha value is -8.02. The van der Waals surface area contributed by atoms with E-state index in [9.17, 15) is 5.11 Å². The summed E-state index contributed by atoms with van der Waals surface area (Å²) in [6.07, 6.45) is 1.73. The molecule has 300 valence electrons. The van der Waals surface area contributed by atoms with E-state index in [-0.39, 0.29) is 5.75 Å². The highest BCUT2D eigenvalue weighted by molar-refractivity contribution is 6.17. The number of phenols is 1. The van der Waals surface area contributed by atoms with Crippen LogP contribution in [0.3, 0.4) is 0 Å². The number of phenolic OH excluding ortho intramolecular Hbond substituents is 1. The SMILES string of the molecule is Cc1cccc(C)c1-n1c(-c2ccc3c(n2)-c2c(O)cccc2CC3)nc2c(-c3cc(-c4c(-c5ccccc5)cccc4-c4ccccc4)c4c(c3)oc3ccccc34)cccc21. The van der Waals surface area contributed by atoms with E-state index in [4.69, 9.17) is 14.4 Å². The third-order valence-electron chi connectivity index (χ3n) is 12.9. The molecule has 0 bridgehead atoms. The van der Waals surface area contributed by atoms with Gasteiger partial charge in [-0.15, -0.1) is 0 Å². The van der Waals surface area contributed by atoms with Crippen molar-refractivity contribution in [2.24, 2.45) is 0 Å². The van der Waals surface area contributed by atoms with Crippen LogP contribution in [0.1, 0.15) is 22.3 Å². The summed E-state index contributed by atoms with van der Waals surface area (Å²) in [5, 5.41) is 13.3. The summed E-state index contributed by atoms with van der Waals surface area (Å²) in [5.41, 5.74) is 20.2. The summed E-state index contributed by atoms with van der Waals surface area (Å²) in [7, 11) is 0. The molecule has 3 heterocycles.